The van der Waals surface area contributed by atoms with Crippen molar-refractivity contribution in [2.75, 3.05) is 0 Å². The Kier molecular flexibility index (Phi) is 4.80. The summed E-state index contributed by atoms with van der Waals surface area (Å²) in [6.07, 6.45) is 0. The normalized spacial score (nSPS) is 11.5. The molecule has 0 saturated carbocycles. The van der Waals surface area contributed by atoms with Crippen LogP contribution in [0.1, 0.15) is 22.4 Å². The number of nitrogens with zero attached hydrogens (tertiary/aromatic N) is 2. The van der Waals surface area contributed by atoms with E-state index in [0.29, 0.717) is 10.8 Å². The lowest BCUT2D eigenvalue weighted by atomic mass is 9.77. The summed E-state index contributed by atoms with van der Waals surface area (Å²) in [6, 6.07) is 32.3. The minimum Gasteiger partial charge on any atom is -0.390 e. The van der Waals surface area contributed by atoms with Crippen LogP contribution in [0.15, 0.2) is 97.1 Å². The number of aromatic nitrogens is 2. The van der Waals surface area contributed by atoms with Gasteiger partial charge in [0.1, 0.15) is 10.7 Å². The summed E-state index contributed by atoms with van der Waals surface area (Å²) in [7, 11) is 0. The smallest absolute Gasteiger partial charge is 0.139 e. The van der Waals surface area contributed by atoms with E-state index in [-0.39, 0.29) is 6.61 Å². The molecule has 0 bridgehead atoms. The number of benzene rings is 3. The molecule has 0 aliphatic rings. The molecule has 0 spiro atoms. The second kappa shape index (κ2) is 7.39. The quantitative estimate of drug-likeness (QED) is 0.506. The maximum atomic E-state index is 9.62. The van der Waals surface area contributed by atoms with Gasteiger partial charge in [0.2, 0.25) is 0 Å². The summed E-state index contributed by atoms with van der Waals surface area (Å²) in [5, 5.41) is 14.8. The number of hydrogen-bond donors (Lipinski definition) is 1. The third-order valence-electron chi connectivity index (χ3n) is 4.77. The summed E-state index contributed by atoms with van der Waals surface area (Å²) >= 11 is 6.65. The van der Waals surface area contributed by atoms with E-state index in [1.54, 1.807) is 10.7 Å². The second-order valence-corrected chi connectivity index (χ2v) is 6.72. The van der Waals surface area contributed by atoms with Crippen molar-refractivity contribution >= 4 is 11.6 Å². The van der Waals surface area contributed by atoms with Crippen molar-refractivity contribution in [2.24, 2.45) is 0 Å². The molecule has 0 atom stereocenters. The van der Waals surface area contributed by atoms with Gasteiger partial charge in [0.15, 0.2) is 0 Å². The zero-order valence-electron chi connectivity index (χ0n) is 14.7. The highest BCUT2D eigenvalue weighted by Crippen LogP contribution is 2.42. The highest BCUT2D eigenvalue weighted by molar-refractivity contribution is 6.29. The molecule has 4 rings (SSSR count). The molecule has 3 nitrogen and oxygen atoms in total. The Hall–Kier alpha value is -2.88. The number of halogens is 1. The van der Waals surface area contributed by atoms with Gasteiger partial charge in [0.25, 0.3) is 0 Å². The van der Waals surface area contributed by atoms with Crippen LogP contribution in [0.3, 0.4) is 0 Å². The minimum absolute atomic E-state index is 0.166. The molecule has 4 heteroatoms. The van der Waals surface area contributed by atoms with Crippen molar-refractivity contribution in [2.45, 2.75) is 12.1 Å². The van der Waals surface area contributed by atoms with E-state index in [0.717, 1.165) is 16.7 Å². The topological polar surface area (TPSA) is 38.0 Å². The molecular formula is C23H19ClN2O. The number of aliphatic hydroxyl groups is 1. The lowest BCUT2D eigenvalue weighted by Crippen LogP contribution is -2.38. The van der Waals surface area contributed by atoms with E-state index in [4.69, 9.17) is 11.6 Å². The van der Waals surface area contributed by atoms with Gasteiger partial charge in [-0.1, -0.05) is 103 Å². The molecule has 4 aromatic rings. The first-order valence-corrected chi connectivity index (χ1v) is 9.17. The van der Waals surface area contributed by atoms with Gasteiger partial charge in [-0.2, -0.15) is 5.10 Å². The molecule has 1 N–H and O–H groups in total. The Labute approximate surface area is 163 Å². The Morgan fingerprint density at radius 1 is 0.741 bits per heavy atom. The molecule has 0 amide bonds. The first-order chi connectivity index (χ1) is 13.3. The van der Waals surface area contributed by atoms with Gasteiger partial charge in [-0.15, -0.1) is 0 Å². The van der Waals surface area contributed by atoms with Gasteiger partial charge in [-0.3, -0.25) is 0 Å². The Morgan fingerprint density at radius 2 is 1.15 bits per heavy atom. The zero-order chi connectivity index (χ0) is 18.7. The van der Waals surface area contributed by atoms with Gasteiger partial charge >= 0.3 is 0 Å². The molecule has 0 radical (unpaired) electrons. The van der Waals surface area contributed by atoms with Crippen molar-refractivity contribution in [3.63, 3.8) is 0 Å². The maximum absolute atomic E-state index is 9.62. The van der Waals surface area contributed by atoms with Gasteiger partial charge in [-0.25, -0.2) is 4.68 Å². The molecule has 27 heavy (non-hydrogen) atoms. The lowest BCUT2D eigenvalue weighted by Gasteiger charge is -2.36. The first kappa shape index (κ1) is 17.5. The van der Waals surface area contributed by atoms with Gasteiger partial charge in [-0.05, 0) is 16.7 Å². The van der Waals surface area contributed by atoms with Gasteiger partial charge < -0.3 is 5.11 Å². The highest BCUT2D eigenvalue weighted by atomic mass is 35.5. The Balaban J connectivity index is 2.14. The second-order valence-electron chi connectivity index (χ2n) is 6.34. The van der Waals surface area contributed by atoms with E-state index < -0.39 is 5.54 Å². The van der Waals surface area contributed by atoms with Crippen molar-refractivity contribution in [1.82, 2.24) is 9.78 Å². The number of hydrogen-bond acceptors (Lipinski definition) is 2. The summed E-state index contributed by atoms with van der Waals surface area (Å²) in [5.74, 6) is 0. The molecule has 134 valence electrons. The molecule has 0 aliphatic heterocycles. The first-order valence-electron chi connectivity index (χ1n) is 8.79. The van der Waals surface area contributed by atoms with Crippen LogP contribution in [0.5, 0.6) is 0 Å². The zero-order valence-corrected chi connectivity index (χ0v) is 15.4. The molecule has 0 aliphatic carbocycles. The average Bonchev–Trinajstić information content (AvgIpc) is 3.12. The highest BCUT2D eigenvalue weighted by Gasteiger charge is 2.40. The standard InChI is InChI=1S/C23H19ClN2O/c24-22-16-21(17-27)25-26(22)23(18-10-4-1-5-11-18,19-12-6-2-7-13-19)20-14-8-3-9-15-20/h1-16,27H,17H2. The van der Waals surface area contributed by atoms with Crippen LogP contribution in [-0.2, 0) is 12.1 Å². The number of aliphatic hydroxyl groups excluding tert-OH is 1. The van der Waals surface area contributed by atoms with Crippen LogP contribution in [0.2, 0.25) is 5.15 Å². The molecule has 0 saturated heterocycles. The summed E-state index contributed by atoms with van der Waals surface area (Å²) in [6.45, 7) is -0.166. The van der Waals surface area contributed by atoms with E-state index in [9.17, 15) is 5.11 Å². The van der Waals surface area contributed by atoms with Crippen molar-refractivity contribution in [3.8, 4) is 0 Å². The largest absolute Gasteiger partial charge is 0.390 e. The molecule has 1 heterocycles. The summed E-state index contributed by atoms with van der Waals surface area (Å²) in [5.41, 5.74) is 2.90. The van der Waals surface area contributed by atoms with Gasteiger partial charge in [0, 0.05) is 6.07 Å². The van der Waals surface area contributed by atoms with Crippen LogP contribution >= 0.6 is 11.6 Å². The lowest BCUT2D eigenvalue weighted by molar-refractivity contribution is 0.273. The minimum atomic E-state index is -0.756. The van der Waals surface area contributed by atoms with E-state index in [1.165, 1.54) is 0 Å². The predicted molar refractivity (Wildman–Crippen MR) is 108 cm³/mol. The fraction of sp³-hybridized carbons (Fsp3) is 0.0870. The van der Waals surface area contributed by atoms with Crippen LogP contribution in [0.25, 0.3) is 0 Å². The fourth-order valence-corrected chi connectivity index (χ4v) is 3.91. The maximum Gasteiger partial charge on any atom is 0.139 e. The third-order valence-corrected chi connectivity index (χ3v) is 5.04. The molecule has 3 aromatic carbocycles. The van der Waals surface area contributed by atoms with Crippen molar-refractivity contribution in [1.29, 1.82) is 0 Å². The summed E-state index contributed by atoms with van der Waals surface area (Å²) in [4.78, 5) is 0. The number of rotatable bonds is 5. The van der Waals surface area contributed by atoms with Crippen molar-refractivity contribution in [3.05, 3.63) is 125 Å². The fourth-order valence-electron chi connectivity index (χ4n) is 3.62. The average molecular weight is 375 g/mol. The van der Waals surface area contributed by atoms with Crippen LogP contribution in [-0.4, -0.2) is 14.9 Å². The Morgan fingerprint density at radius 3 is 1.48 bits per heavy atom. The Bertz CT molecular complexity index is 918. The predicted octanol–water partition coefficient (Wildman–Crippen LogP) is 4.87. The monoisotopic (exact) mass is 374 g/mol. The van der Waals surface area contributed by atoms with E-state index >= 15 is 0 Å². The molecule has 1 aromatic heterocycles. The molecular weight excluding hydrogens is 356 g/mol. The van der Waals surface area contributed by atoms with E-state index in [1.807, 2.05) is 54.6 Å². The molecule has 0 fully saturated rings. The van der Waals surface area contributed by atoms with Crippen LogP contribution in [0.4, 0.5) is 0 Å². The van der Waals surface area contributed by atoms with E-state index in [2.05, 4.69) is 41.5 Å². The molecule has 0 unspecified atom stereocenters. The summed E-state index contributed by atoms with van der Waals surface area (Å²) < 4.78 is 1.81. The van der Waals surface area contributed by atoms with Crippen LogP contribution < -0.4 is 0 Å². The van der Waals surface area contributed by atoms with Crippen molar-refractivity contribution < 1.29 is 5.11 Å². The van der Waals surface area contributed by atoms with Crippen LogP contribution in [0, 0.1) is 0 Å². The third kappa shape index (κ3) is 2.95. The SMILES string of the molecule is OCc1cc(Cl)n(C(c2ccccc2)(c2ccccc2)c2ccccc2)n1. The van der Waals surface area contributed by atoms with Gasteiger partial charge in [0.05, 0.1) is 12.3 Å².